The van der Waals surface area contributed by atoms with Crippen LogP contribution >= 0.6 is 7.82 Å². The molecular weight excluding hydrogens is 924 g/mol. The average Bonchev–Trinajstić information content (AvgIpc) is 3.35. The molecule has 73 heavy (non-hydrogen) atoms. The summed E-state index contributed by atoms with van der Waals surface area (Å²) in [5.74, 6) is -0.169. The van der Waals surface area contributed by atoms with Crippen LogP contribution in [0.4, 0.5) is 0 Å². The van der Waals surface area contributed by atoms with Gasteiger partial charge in [-0.25, -0.2) is 4.57 Å². The van der Waals surface area contributed by atoms with E-state index in [1.54, 1.807) is 6.08 Å². The molecule has 3 N–H and O–H groups in total. The van der Waals surface area contributed by atoms with E-state index in [0.717, 1.165) is 32.1 Å². The van der Waals surface area contributed by atoms with E-state index in [0.29, 0.717) is 17.4 Å². The Morgan fingerprint density at radius 3 is 1.01 bits per heavy atom. The molecule has 0 saturated heterocycles. The van der Waals surface area contributed by atoms with E-state index in [-0.39, 0.29) is 19.1 Å². The van der Waals surface area contributed by atoms with Crippen molar-refractivity contribution in [3.8, 4) is 0 Å². The van der Waals surface area contributed by atoms with Gasteiger partial charge in [0, 0.05) is 6.42 Å². The van der Waals surface area contributed by atoms with Gasteiger partial charge in [-0.05, 0) is 19.3 Å². The van der Waals surface area contributed by atoms with Gasteiger partial charge in [-0.3, -0.25) is 13.8 Å². The van der Waals surface area contributed by atoms with Crippen LogP contribution in [0.3, 0.4) is 0 Å². The van der Waals surface area contributed by atoms with Crippen LogP contribution in [-0.2, 0) is 18.4 Å². The molecule has 3 atom stereocenters. The highest BCUT2D eigenvalue weighted by molar-refractivity contribution is 7.47. The van der Waals surface area contributed by atoms with Crippen LogP contribution in [0, 0.1) is 0 Å². The summed E-state index contributed by atoms with van der Waals surface area (Å²) in [5.41, 5.74) is 0. The number of nitrogens with zero attached hydrogens (tertiary/aromatic N) is 1. The van der Waals surface area contributed by atoms with E-state index >= 15 is 0 Å². The van der Waals surface area contributed by atoms with Crippen molar-refractivity contribution in [2.45, 2.75) is 353 Å². The predicted octanol–water partition coefficient (Wildman–Crippen LogP) is 20.2. The van der Waals surface area contributed by atoms with Crippen molar-refractivity contribution in [3.63, 3.8) is 0 Å². The zero-order valence-corrected chi connectivity index (χ0v) is 50.8. The first-order chi connectivity index (χ1) is 35.5. The average molecular weight is 1050 g/mol. The smallest absolute Gasteiger partial charge is 0.387 e. The number of phosphoric acid groups is 1. The first kappa shape index (κ1) is 72.2. The second-order valence-corrected chi connectivity index (χ2v) is 25.3. The van der Waals surface area contributed by atoms with Gasteiger partial charge in [0.15, 0.2) is 0 Å². The molecule has 0 aromatic carbocycles. The van der Waals surface area contributed by atoms with Crippen LogP contribution in [-0.4, -0.2) is 73.4 Å². The molecule has 0 rings (SSSR count). The summed E-state index contributed by atoms with van der Waals surface area (Å²) in [7, 11) is 1.59. The third-order valence-electron chi connectivity index (χ3n) is 15.3. The number of quaternary nitrogens is 1. The monoisotopic (exact) mass is 1050 g/mol. The third kappa shape index (κ3) is 58.8. The Balaban J connectivity index is 3.90. The summed E-state index contributed by atoms with van der Waals surface area (Å²) in [6.07, 6.45) is 70.7. The lowest BCUT2D eigenvalue weighted by Gasteiger charge is -2.25. The minimum absolute atomic E-state index is 0.0651. The van der Waals surface area contributed by atoms with Gasteiger partial charge in [0.05, 0.1) is 39.9 Å². The number of unbranched alkanes of at least 4 members (excludes halogenated alkanes) is 48. The molecule has 1 amide bonds. The molecule has 0 saturated carbocycles. The molecule has 0 bridgehead atoms. The van der Waals surface area contributed by atoms with Crippen LogP contribution in [0.2, 0.25) is 0 Å². The number of likely N-dealkylation sites (N-methyl/N-ethyl adjacent to an activating group) is 1. The van der Waals surface area contributed by atoms with E-state index in [1.807, 2.05) is 27.2 Å². The van der Waals surface area contributed by atoms with Crippen molar-refractivity contribution >= 4 is 13.7 Å². The van der Waals surface area contributed by atoms with Crippen molar-refractivity contribution in [2.24, 2.45) is 0 Å². The standard InChI is InChI=1S/C64H129N2O6P/c1-6-8-10-12-14-16-18-20-22-23-24-25-26-27-28-29-30-31-32-33-34-35-36-37-38-39-40-41-42-44-46-48-50-52-54-56-58-64(68)65-62(61-72-73(69,70)71-60-59-66(3,4)5)63(67)57-55-53-51-49-47-45-43-21-19-17-15-13-11-9-7-2/h55,57,62-63,67H,6-54,56,58-61H2,1-5H3,(H-,65,68,69,70)/p+1/b57-55+/t62-,63+/m0/s1. The Morgan fingerprint density at radius 2 is 0.726 bits per heavy atom. The summed E-state index contributed by atoms with van der Waals surface area (Å²) in [4.78, 5) is 23.3. The normalized spacial score (nSPS) is 13.8. The van der Waals surface area contributed by atoms with Gasteiger partial charge in [-0.2, -0.15) is 0 Å². The quantitative estimate of drug-likeness (QED) is 0.0243. The Hall–Kier alpha value is -0.760. The number of amides is 1. The highest BCUT2D eigenvalue weighted by atomic mass is 31.2. The highest BCUT2D eigenvalue weighted by Gasteiger charge is 2.28. The van der Waals surface area contributed by atoms with Crippen LogP contribution < -0.4 is 5.32 Å². The number of phosphoric ester groups is 1. The molecule has 0 spiro atoms. The number of carbonyl (C=O) groups is 1. The van der Waals surface area contributed by atoms with E-state index in [9.17, 15) is 19.4 Å². The molecule has 1 unspecified atom stereocenters. The van der Waals surface area contributed by atoms with Crippen molar-refractivity contribution < 1.29 is 32.9 Å². The lowest BCUT2D eigenvalue weighted by atomic mass is 10.0. The lowest BCUT2D eigenvalue weighted by Crippen LogP contribution is -2.45. The van der Waals surface area contributed by atoms with E-state index in [2.05, 4.69) is 19.2 Å². The maximum Gasteiger partial charge on any atom is 0.472 e. The largest absolute Gasteiger partial charge is 0.472 e. The van der Waals surface area contributed by atoms with E-state index in [1.165, 1.54) is 289 Å². The Kier molecular flexibility index (Phi) is 55.4. The number of hydrogen-bond donors (Lipinski definition) is 3. The number of rotatable bonds is 61. The first-order valence-corrected chi connectivity index (χ1v) is 34.1. The van der Waals surface area contributed by atoms with Crippen LogP contribution in [0.5, 0.6) is 0 Å². The molecule has 0 aliphatic heterocycles. The first-order valence-electron chi connectivity index (χ1n) is 32.6. The number of hydrogen-bond acceptors (Lipinski definition) is 5. The number of allylic oxidation sites excluding steroid dienone is 1. The second kappa shape index (κ2) is 56.0. The fourth-order valence-electron chi connectivity index (χ4n) is 10.2. The molecule has 0 aliphatic carbocycles. The SMILES string of the molecule is CCCCCCCCCCCCCCC/C=C/[C@@H](O)[C@H](COP(=O)(O)OCC[N+](C)(C)C)NC(=O)CCCCCCCCCCCCCCCCCCCCCCCCCCCCCCCCCCCCCC. The van der Waals surface area contributed by atoms with Gasteiger partial charge < -0.3 is 19.8 Å². The molecule has 0 aromatic heterocycles. The minimum Gasteiger partial charge on any atom is -0.387 e. The highest BCUT2D eigenvalue weighted by Crippen LogP contribution is 2.43. The maximum atomic E-state index is 13.0. The fourth-order valence-corrected chi connectivity index (χ4v) is 10.9. The predicted molar refractivity (Wildman–Crippen MR) is 319 cm³/mol. The molecular formula is C64H130N2O6P+. The van der Waals surface area contributed by atoms with Crippen LogP contribution in [0.15, 0.2) is 12.2 Å². The topological polar surface area (TPSA) is 105 Å². The zero-order valence-electron chi connectivity index (χ0n) is 49.9. The molecule has 0 fully saturated rings. The van der Waals surface area contributed by atoms with Gasteiger partial charge in [0.1, 0.15) is 13.2 Å². The van der Waals surface area contributed by atoms with Crippen molar-refractivity contribution in [3.05, 3.63) is 12.2 Å². The van der Waals surface area contributed by atoms with Crippen LogP contribution in [0.1, 0.15) is 341 Å². The van der Waals surface area contributed by atoms with Gasteiger partial charge >= 0.3 is 7.82 Å². The molecule has 0 aliphatic rings. The molecule has 0 radical (unpaired) electrons. The summed E-state index contributed by atoms with van der Waals surface area (Å²) in [6.45, 7) is 4.87. The zero-order chi connectivity index (χ0) is 53.5. The van der Waals surface area contributed by atoms with Gasteiger partial charge in [0.2, 0.25) is 5.91 Å². The van der Waals surface area contributed by atoms with Gasteiger partial charge in [-0.1, -0.05) is 328 Å². The van der Waals surface area contributed by atoms with Crippen molar-refractivity contribution in [1.82, 2.24) is 5.32 Å². The Morgan fingerprint density at radius 1 is 0.452 bits per heavy atom. The van der Waals surface area contributed by atoms with E-state index in [4.69, 9.17) is 9.05 Å². The number of aliphatic hydroxyl groups is 1. The summed E-state index contributed by atoms with van der Waals surface area (Å²) in [6, 6.07) is -0.842. The molecule has 0 heterocycles. The number of aliphatic hydroxyl groups excluding tert-OH is 1. The molecule has 436 valence electrons. The minimum atomic E-state index is -4.34. The second-order valence-electron chi connectivity index (χ2n) is 23.9. The Bertz CT molecular complexity index is 1200. The van der Waals surface area contributed by atoms with Crippen molar-refractivity contribution in [1.29, 1.82) is 0 Å². The summed E-state index contributed by atoms with van der Waals surface area (Å²) >= 11 is 0. The number of nitrogens with one attached hydrogen (secondary N) is 1. The fraction of sp³-hybridized carbons (Fsp3) is 0.953. The molecule has 9 heteroatoms. The Labute approximate surface area is 456 Å². The van der Waals surface area contributed by atoms with E-state index < -0.39 is 20.0 Å². The van der Waals surface area contributed by atoms with Crippen LogP contribution in [0.25, 0.3) is 0 Å². The lowest BCUT2D eigenvalue weighted by molar-refractivity contribution is -0.870. The summed E-state index contributed by atoms with van der Waals surface area (Å²) < 4.78 is 23.7. The third-order valence-corrected chi connectivity index (χ3v) is 16.2. The van der Waals surface area contributed by atoms with Gasteiger partial charge in [0.25, 0.3) is 0 Å². The maximum absolute atomic E-state index is 13.0. The summed E-state index contributed by atoms with van der Waals surface area (Å²) in [5, 5.41) is 13.9. The molecule has 8 nitrogen and oxygen atoms in total. The molecule has 0 aromatic rings. The van der Waals surface area contributed by atoms with Gasteiger partial charge in [-0.15, -0.1) is 0 Å². The number of carbonyl (C=O) groups excluding carboxylic acids is 1. The van der Waals surface area contributed by atoms with Crippen molar-refractivity contribution in [2.75, 3.05) is 40.9 Å².